The van der Waals surface area contributed by atoms with Crippen molar-refractivity contribution in [1.29, 1.82) is 0 Å². The molecule has 0 fully saturated rings. The fourth-order valence-electron chi connectivity index (χ4n) is 2.17. The third-order valence-corrected chi connectivity index (χ3v) is 3.23. The first-order valence-corrected chi connectivity index (χ1v) is 6.30. The number of pyridine rings is 1. The first-order chi connectivity index (χ1) is 9.54. The summed E-state index contributed by atoms with van der Waals surface area (Å²) in [5.41, 5.74) is 6.59. The fraction of sp³-hybridized carbons (Fsp3) is 0.200. The molecule has 5 heteroatoms. The van der Waals surface area contributed by atoms with E-state index in [1.54, 1.807) is 24.2 Å². The van der Waals surface area contributed by atoms with Crippen LogP contribution in [0.15, 0.2) is 36.7 Å². The van der Waals surface area contributed by atoms with Crippen LogP contribution < -0.4 is 16.2 Å². The summed E-state index contributed by atoms with van der Waals surface area (Å²) < 4.78 is 0. The van der Waals surface area contributed by atoms with E-state index in [0.717, 1.165) is 11.3 Å². The minimum absolute atomic E-state index is 0.132. The van der Waals surface area contributed by atoms with Crippen LogP contribution in [-0.4, -0.2) is 17.9 Å². The minimum Gasteiger partial charge on any atom is -0.322 e. The van der Waals surface area contributed by atoms with E-state index in [9.17, 15) is 4.79 Å². The molecule has 1 aromatic heterocycles. The smallest absolute Gasteiger partial charge is 0.260 e. The summed E-state index contributed by atoms with van der Waals surface area (Å²) in [5, 5.41) is 0. The average Bonchev–Trinajstić information content (AvgIpc) is 2.45. The SMILES string of the molecule is Cc1ccc(N(C)C(=O)c2ccncc2NN)c(C)c1. The van der Waals surface area contributed by atoms with Crippen molar-refractivity contribution in [2.75, 3.05) is 17.4 Å². The third-order valence-electron chi connectivity index (χ3n) is 3.23. The number of amides is 1. The molecule has 0 aliphatic heterocycles. The molecule has 0 bridgehead atoms. The highest BCUT2D eigenvalue weighted by Crippen LogP contribution is 2.23. The number of nitrogens with two attached hydrogens (primary N) is 1. The molecule has 3 N–H and O–H groups in total. The zero-order valence-corrected chi connectivity index (χ0v) is 11.8. The number of hydrogen-bond donors (Lipinski definition) is 2. The first-order valence-electron chi connectivity index (χ1n) is 6.30. The van der Waals surface area contributed by atoms with Crippen LogP contribution in [0.4, 0.5) is 11.4 Å². The molecule has 5 nitrogen and oxygen atoms in total. The van der Waals surface area contributed by atoms with Gasteiger partial charge in [0.2, 0.25) is 0 Å². The molecule has 0 aliphatic rings. The van der Waals surface area contributed by atoms with E-state index in [1.165, 1.54) is 11.8 Å². The van der Waals surface area contributed by atoms with Crippen LogP contribution in [0.3, 0.4) is 0 Å². The van der Waals surface area contributed by atoms with Gasteiger partial charge in [0.1, 0.15) is 0 Å². The number of rotatable bonds is 3. The third kappa shape index (κ3) is 2.62. The van der Waals surface area contributed by atoms with Crippen LogP contribution in [0.2, 0.25) is 0 Å². The number of anilines is 2. The predicted octanol–water partition coefficient (Wildman–Crippen LogP) is 2.26. The summed E-state index contributed by atoms with van der Waals surface area (Å²) in [6.07, 6.45) is 3.10. The van der Waals surface area contributed by atoms with E-state index in [2.05, 4.69) is 10.4 Å². The quantitative estimate of drug-likeness (QED) is 0.663. The number of hydrazine groups is 1. The predicted molar refractivity (Wildman–Crippen MR) is 80.7 cm³/mol. The lowest BCUT2D eigenvalue weighted by Crippen LogP contribution is -2.28. The van der Waals surface area contributed by atoms with Gasteiger partial charge < -0.3 is 10.3 Å². The van der Waals surface area contributed by atoms with Gasteiger partial charge in [-0.1, -0.05) is 17.7 Å². The summed E-state index contributed by atoms with van der Waals surface area (Å²) in [6, 6.07) is 7.63. The van der Waals surface area contributed by atoms with E-state index in [1.807, 2.05) is 32.0 Å². The second kappa shape index (κ2) is 5.71. The molecule has 20 heavy (non-hydrogen) atoms. The van der Waals surface area contributed by atoms with Gasteiger partial charge in [-0.3, -0.25) is 15.6 Å². The molecule has 2 aromatic rings. The maximum atomic E-state index is 12.6. The van der Waals surface area contributed by atoms with Crippen molar-refractivity contribution in [1.82, 2.24) is 4.98 Å². The number of carbonyl (C=O) groups excluding carboxylic acids is 1. The van der Waals surface area contributed by atoms with E-state index >= 15 is 0 Å². The Kier molecular flexibility index (Phi) is 4.00. The summed E-state index contributed by atoms with van der Waals surface area (Å²) >= 11 is 0. The molecule has 0 atom stereocenters. The Hall–Kier alpha value is -2.40. The lowest BCUT2D eigenvalue weighted by molar-refractivity contribution is 0.0993. The number of nitrogens with one attached hydrogen (secondary N) is 1. The van der Waals surface area contributed by atoms with E-state index in [0.29, 0.717) is 11.3 Å². The molecular weight excluding hydrogens is 252 g/mol. The van der Waals surface area contributed by atoms with Crippen LogP contribution in [0, 0.1) is 13.8 Å². The molecule has 1 aromatic carbocycles. The number of benzene rings is 1. The number of nitrogens with zero attached hydrogens (tertiary/aromatic N) is 2. The zero-order valence-electron chi connectivity index (χ0n) is 11.8. The Morgan fingerprint density at radius 1 is 1.30 bits per heavy atom. The maximum Gasteiger partial charge on any atom is 0.260 e. The topological polar surface area (TPSA) is 71.2 Å². The minimum atomic E-state index is -0.132. The summed E-state index contributed by atoms with van der Waals surface area (Å²) in [5.74, 6) is 5.28. The lowest BCUT2D eigenvalue weighted by atomic mass is 10.1. The van der Waals surface area contributed by atoms with Crippen molar-refractivity contribution in [2.24, 2.45) is 5.84 Å². The monoisotopic (exact) mass is 270 g/mol. The van der Waals surface area contributed by atoms with Crippen molar-refractivity contribution < 1.29 is 4.79 Å². The number of hydrogen-bond acceptors (Lipinski definition) is 4. The van der Waals surface area contributed by atoms with Crippen LogP contribution in [-0.2, 0) is 0 Å². The van der Waals surface area contributed by atoms with E-state index in [-0.39, 0.29) is 5.91 Å². The molecule has 1 amide bonds. The highest BCUT2D eigenvalue weighted by atomic mass is 16.2. The molecule has 0 saturated heterocycles. The summed E-state index contributed by atoms with van der Waals surface area (Å²) in [4.78, 5) is 18.1. The second-order valence-corrected chi connectivity index (χ2v) is 4.72. The van der Waals surface area contributed by atoms with Gasteiger partial charge in [-0.05, 0) is 31.5 Å². The van der Waals surface area contributed by atoms with Crippen LogP contribution in [0.1, 0.15) is 21.5 Å². The average molecular weight is 270 g/mol. The molecule has 2 rings (SSSR count). The van der Waals surface area contributed by atoms with Crippen LogP contribution in [0.25, 0.3) is 0 Å². The fourth-order valence-corrected chi connectivity index (χ4v) is 2.17. The van der Waals surface area contributed by atoms with E-state index in [4.69, 9.17) is 5.84 Å². The van der Waals surface area contributed by atoms with Crippen molar-refractivity contribution in [2.45, 2.75) is 13.8 Å². The second-order valence-electron chi connectivity index (χ2n) is 4.72. The first kappa shape index (κ1) is 14.0. The largest absolute Gasteiger partial charge is 0.322 e. The van der Waals surface area contributed by atoms with Crippen LogP contribution in [0.5, 0.6) is 0 Å². The zero-order chi connectivity index (χ0) is 14.7. The molecule has 0 spiro atoms. The van der Waals surface area contributed by atoms with Gasteiger partial charge in [-0.2, -0.15) is 0 Å². The summed E-state index contributed by atoms with van der Waals surface area (Å²) in [6.45, 7) is 4.01. The summed E-state index contributed by atoms with van der Waals surface area (Å²) in [7, 11) is 1.75. The van der Waals surface area contributed by atoms with Crippen LogP contribution >= 0.6 is 0 Å². The standard InChI is InChI=1S/C15H18N4O/c1-10-4-5-14(11(2)8-10)19(3)15(20)12-6-7-17-9-13(12)18-16/h4-9,18H,16H2,1-3H3. The highest BCUT2D eigenvalue weighted by Gasteiger charge is 2.18. The normalized spacial score (nSPS) is 10.2. The Balaban J connectivity index is 2.37. The van der Waals surface area contributed by atoms with Gasteiger partial charge in [-0.15, -0.1) is 0 Å². The van der Waals surface area contributed by atoms with Crippen molar-refractivity contribution in [3.8, 4) is 0 Å². The molecular formula is C15H18N4O. The van der Waals surface area contributed by atoms with Crippen molar-refractivity contribution in [3.63, 3.8) is 0 Å². The Labute approximate surface area is 118 Å². The van der Waals surface area contributed by atoms with Gasteiger partial charge in [0, 0.05) is 18.9 Å². The number of nitrogen functional groups attached to an aromatic ring is 1. The lowest BCUT2D eigenvalue weighted by Gasteiger charge is -2.21. The van der Waals surface area contributed by atoms with Gasteiger partial charge >= 0.3 is 0 Å². The van der Waals surface area contributed by atoms with Gasteiger partial charge in [0.25, 0.3) is 5.91 Å². The maximum absolute atomic E-state index is 12.6. The van der Waals surface area contributed by atoms with Gasteiger partial charge in [-0.25, -0.2) is 0 Å². The highest BCUT2D eigenvalue weighted by molar-refractivity contribution is 6.09. The Morgan fingerprint density at radius 3 is 2.70 bits per heavy atom. The molecule has 1 heterocycles. The van der Waals surface area contributed by atoms with E-state index < -0.39 is 0 Å². The molecule has 0 unspecified atom stereocenters. The Bertz CT molecular complexity index is 640. The number of aromatic nitrogens is 1. The molecule has 0 radical (unpaired) electrons. The van der Waals surface area contributed by atoms with Crippen molar-refractivity contribution >= 4 is 17.3 Å². The molecule has 104 valence electrons. The van der Waals surface area contributed by atoms with Gasteiger partial charge in [0.15, 0.2) is 0 Å². The number of aryl methyl sites for hydroxylation is 2. The molecule has 0 aliphatic carbocycles. The van der Waals surface area contributed by atoms with Crippen molar-refractivity contribution in [3.05, 3.63) is 53.3 Å². The number of carbonyl (C=O) groups is 1. The van der Waals surface area contributed by atoms with Gasteiger partial charge in [0.05, 0.1) is 17.4 Å². The molecule has 0 saturated carbocycles. The Morgan fingerprint density at radius 2 is 2.05 bits per heavy atom.